The van der Waals surface area contributed by atoms with Crippen molar-refractivity contribution in [2.75, 3.05) is 32.8 Å². The minimum atomic E-state index is -1.09. The molecule has 0 amide bonds. The van der Waals surface area contributed by atoms with Crippen LogP contribution in [0.5, 0.6) is 0 Å². The number of carboxylic acids is 1. The lowest BCUT2D eigenvalue weighted by atomic mass is 9.97. The van der Waals surface area contributed by atoms with Crippen LogP contribution in [0.25, 0.3) is 0 Å². The predicted octanol–water partition coefficient (Wildman–Crippen LogP) is 1.62. The van der Waals surface area contributed by atoms with Crippen molar-refractivity contribution in [3.05, 3.63) is 0 Å². The van der Waals surface area contributed by atoms with E-state index < -0.39 is 5.97 Å². The number of carboxylic acid groups (broad SMARTS) is 1. The second kappa shape index (κ2) is 8.21. The van der Waals surface area contributed by atoms with Crippen molar-refractivity contribution in [2.45, 2.75) is 32.6 Å². The smallest absolute Gasteiger partial charge is 0.349 e. The normalized spacial score (nSPS) is 18.5. The zero-order valence-electron chi connectivity index (χ0n) is 11.2. The average molecular weight is 256 g/mol. The maximum atomic E-state index is 10.5. The van der Waals surface area contributed by atoms with Crippen molar-refractivity contribution in [3.8, 4) is 0 Å². The van der Waals surface area contributed by atoms with Crippen molar-refractivity contribution in [1.82, 2.24) is 4.90 Å². The highest BCUT2D eigenvalue weighted by Crippen LogP contribution is 2.15. The van der Waals surface area contributed by atoms with E-state index in [1.165, 1.54) is 0 Å². The average Bonchev–Trinajstić information content (AvgIpc) is 2.38. The van der Waals surface area contributed by atoms with Gasteiger partial charge in [0.05, 0.1) is 13.2 Å². The monoisotopic (exact) mass is 256 g/mol. The molecule has 1 aliphatic rings. The molecule has 18 heavy (non-hydrogen) atoms. The van der Waals surface area contributed by atoms with Gasteiger partial charge in [-0.05, 0) is 25.2 Å². The van der Waals surface area contributed by atoms with Crippen LogP contribution in [0.4, 0.5) is 0 Å². The van der Waals surface area contributed by atoms with Crippen LogP contribution >= 0.6 is 0 Å². The van der Waals surface area contributed by atoms with Crippen LogP contribution in [-0.4, -0.2) is 54.5 Å². The summed E-state index contributed by atoms with van der Waals surface area (Å²) in [5, 5.41) is 15.9. The molecule has 5 heteroatoms. The van der Waals surface area contributed by atoms with E-state index in [1.807, 2.05) is 0 Å². The van der Waals surface area contributed by atoms with E-state index in [1.54, 1.807) is 0 Å². The lowest BCUT2D eigenvalue weighted by Gasteiger charge is -2.30. The lowest BCUT2D eigenvalue weighted by molar-refractivity contribution is -0.129. The molecule has 104 valence electrons. The summed E-state index contributed by atoms with van der Waals surface area (Å²) in [4.78, 5) is 12.9. The van der Waals surface area contributed by atoms with Crippen LogP contribution in [0.15, 0.2) is 0 Å². The summed E-state index contributed by atoms with van der Waals surface area (Å²) in [6.07, 6.45) is 3.30. The molecule has 1 unspecified atom stereocenters. The van der Waals surface area contributed by atoms with Crippen LogP contribution in [-0.2, 0) is 9.53 Å². The first-order valence-corrected chi connectivity index (χ1v) is 6.74. The Morgan fingerprint density at radius 1 is 1.44 bits per heavy atom. The third-order valence-electron chi connectivity index (χ3n) is 3.49. The molecule has 5 nitrogen and oxygen atoms in total. The van der Waals surface area contributed by atoms with Gasteiger partial charge in [0.2, 0.25) is 0 Å². The molecule has 0 aromatic heterocycles. The molecule has 0 spiro atoms. The van der Waals surface area contributed by atoms with Crippen LogP contribution in [0, 0.1) is 11.3 Å². The summed E-state index contributed by atoms with van der Waals surface area (Å²) in [7, 11) is 0. The van der Waals surface area contributed by atoms with E-state index in [0.717, 1.165) is 52.1 Å². The standard InChI is InChI=1S/C13H24N2O3/c1-2-11(4-3-5-12(14)13(16)17)10-15-6-8-18-9-7-15/h11,14H,2-10H2,1H3,(H,16,17). The predicted molar refractivity (Wildman–Crippen MR) is 70.3 cm³/mol. The topological polar surface area (TPSA) is 73.6 Å². The van der Waals surface area contributed by atoms with Gasteiger partial charge in [-0.1, -0.05) is 13.3 Å². The molecule has 0 radical (unpaired) electrons. The number of aliphatic carboxylic acids is 1. The molecule has 0 bridgehead atoms. The molecule has 1 aliphatic heterocycles. The van der Waals surface area contributed by atoms with E-state index in [2.05, 4.69) is 11.8 Å². The SMILES string of the molecule is CCC(CCCC(=N)C(=O)O)CN1CCOCC1. The number of ether oxygens (including phenoxy) is 1. The van der Waals surface area contributed by atoms with Crippen molar-refractivity contribution in [2.24, 2.45) is 5.92 Å². The summed E-state index contributed by atoms with van der Waals surface area (Å²) < 4.78 is 5.32. The van der Waals surface area contributed by atoms with Crippen molar-refractivity contribution < 1.29 is 14.6 Å². The molecular weight excluding hydrogens is 232 g/mol. The first-order valence-electron chi connectivity index (χ1n) is 6.74. The maximum absolute atomic E-state index is 10.5. The number of nitrogens with one attached hydrogen (secondary N) is 1. The first kappa shape index (κ1) is 15.1. The molecule has 1 heterocycles. The molecule has 0 aromatic rings. The van der Waals surface area contributed by atoms with Crippen LogP contribution in [0.2, 0.25) is 0 Å². The summed E-state index contributed by atoms with van der Waals surface area (Å²) in [5.41, 5.74) is -0.170. The van der Waals surface area contributed by atoms with Gasteiger partial charge in [-0.2, -0.15) is 0 Å². The Kier molecular flexibility index (Phi) is 6.90. The van der Waals surface area contributed by atoms with Crippen LogP contribution < -0.4 is 0 Å². The molecule has 0 aliphatic carbocycles. The van der Waals surface area contributed by atoms with Crippen molar-refractivity contribution in [1.29, 1.82) is 5.41 Å². The maximum Gasteiger partial charge on any atom is 0.349 e. The Balaban J connectivity index is 2.20. The van der Waals surface area contributed by atoms with Crippen molar-refractivity contribution >= 4 is 11.7 Å². The summed E-state index contributed by atoms with van der Waals surface area (Å²) >= 11 is 0. The highest BCUT2D eigenvalue weighted by molar-refractivity contribution is 6.34. The number of rotatable bonds is 8. The minimum absolute atomic E-state index is 0.170. The highest BCUT2D eigenvalue weighted by Gasteiger charge is 2.16. The van der Waals surface area contributed by atoms with E-state index in [4.69, 9.17) is 15.3 Å². The van der Waals surface area contributed by atoms with Gasteiger partial charge in [-0.25, -0.2) is 4.79 Å². The number of carbonyl (C=O) groups is 1. The molecule has 1 saturated heterocycles. The van der Waals surface area contributed by atoms with Gasteiger partial charge in [0.25, 0.3) is 0 Å². The fraction of sp³-hybridized carbons (Fsp3) is 0.846. The quantitative estimate of drug-likeness (QED) is 0.647. The van der Waals surface area contributed by atoms with Crippen LogP contribution in [0.3, 0.4) is 0 Å². The lowest BCUT2D eigenvalue weighted by Crippen LogP contribution is -2.39. The Labute approximate surface area is 109 Å². The summed E-state index contributed by atoms with van der Waals surface area (Å²) in [6, 6.07) is 0. The van der Waals surface area contributed by atoms with Gasteiger partial charge < -0.3 is 9.84 Å². The third kappa shape index (κ3) is 5.60. The molecule has 1 rings (SSSR count). The highest BCUT2D eigenvalue weighted by atomic mass is 16.5. The largest absolute Gasteiger partial charge is 0.477 e. The van der Waals surface area contributed by atoms with Crippen LogP contribution in [0.1, 0.15) is 32.6 Å². The Morgan fingerprint density at radius 2 is 2.11 bits per heavy atom. The summed E-state index contributed by atoms with van der Waals surface area (Å²) in [5.74, 6) is -0.485. The van der Waals surface area contributed by atoms with Gasteiger partial charge >= 0.3 is 5.97 Å². The van der Waals surface area contributed by atoms with Gasteiger partial charge in [0, 0.05) is 19.6 Å². The van der Waals surface area contributed by atoms with E-state index in [9.17, 15) is 4.79 Å². The molecular formula is C13H24N2O3. The third-order valence-corrected chi connectivity index (χ3v) is 3.49. The fourth-order valence-electron chi connectivity index (χ4n) is 2.25. The van der Waals surface area contributed by atoms with E-state index >= 15 is 0 Å². The second-order valence-corrected chi connectivity index (χ2v) is 4.86. The second-order valence-electron chi connectivity index (χ2n) is 4.86. The van der Waals surface area contributed by atoms with E-state index in [-0.39, 0.29) is 5.71 Å². The van der Waals surface area contributed by atoms with Gasteiger partial charge in [0.1, 0.15) is 5.71 Å². The Hall–Kier alpha value is -0.940. The zero-order chi connectivity index (χ0) is 13.4. The molecule has 1 atom stereocenters. The zero-order valence-corrected chi connectivity index (χ0v) is 11.2. The van der Waals surface area contributed by atoms with E-state index in [0.29, 0.717) is 12.3 Å². The molecule has 0 saturated carbocycles. The van der Waals surface area contributed by atoms with Gasteiger partial charge in [-0.3, -0.25) is 10.3 Å². The number of morpholine rings is 1. The van der Waals surface area contributed by atoms with Crippen molar-refractivity contribution in [3.63, 3.8) is 0 Å². The number of hydrogen-bond donors (Lipinski definition) is 2. The number of nitrogens with zero attached hydrogens (tertiary/aromatic N) is 1. The van der Waals surface area contributed by atoms with Gasteiger partial charge in [0.15, 0.2) is 0 Å². The molecule has 1 fully saturated rings. The number of hydrogen-bond acceptors (Lipinski definition) is 4. The Bertz CT molecular complexity index is 275. The minimum Gasteiger partial charge on any atom is -0.477 e. The Morgan fingerprint density at radius 3 is 2.67 bits per heavy atom. The fourth-order valence-corrected chi connectivity index (χ4v) is 2.25. The van der Waals surface area contributed by atoms with Gasteiger partial charge in [-0.15, -0.1) is 0 Å². The molecule has 2 N–H and O–H groups in total. The molecule has 0 aromatic carbocycles. The summed E-state index contributed by atoms with van der Waals surface area (Å²) in [6.45, 7) is 6.89. The first-order chi connectivity index (χ1) is 8.63.